The van der Waals surface area contributed by atoms with E-state index in [0.29, 0.717) is 13.2 Å². The van der Waals surface area contributed by atoms with E-state index in [1.807, 2.05) is 57.2 Å². The number of hydrogen-bond donors (Lipinski definition) is 0. The SMILES string of the molecule is CC(C)(C)OC(=O)N1CC=CC[C@@H]2OC(c3ccccc3)OC[C@H]21. The normalized spacial score (nSPS) is 27.3. The number of amides is 1. The zero-order valence-corrected chi connectivity index (χ0v) is 14.5. The van der Waals surface area contributed by atoms with Gasteiger partial charge in [0.15, 0.2) is 6.29 Å². The Morgan fingerprint density at radius 3 is 2.67 bits per heavy atom. The van der Waals surface area contributed by atoms with Crippen LogP contribution in [0.4, 0.5) is 4.79 Å². The van der Waals surface area contributed by atoms with E-state index in [0.717, 1.165) is 12.0 Å². The van der Waals surface area contributed by atoms with Gasteiger partial charge < -0.3 is 14.2 Å². The van der Waals surface area contributed by atoms with E-state index in [2.05, 4.69) is 6.08 Å². The van der Waals surface area contributed by atoms with E-state index in [-0.39, 0.29) is 24.5 Å². The van der Waals surface area contributed by atoms with Gasteiger partial charge in [0.2, 0.25) is 0 Å². The highest BCUT2D eigenvalue weighted by Crippen LogP contribution is 2.31. The van der Waals surface area contributed by atoms with E-state index in [9.17, 15) is 4.79 Å². The van der Waals surface area contributed by atoms with E-state index < -0.39 is 5.60 Å². The van der Waals surface area contributed by atoms with Crippen LogP contribution in [0.5, 0.6) is 0 Å². The van der Waals surface area contributed by atoms with Crippen molar-refractivity contribution in [1.29, 1.82) is 0 Å². The average Bonchev–Trinajstić information content (AvgIpc) is 2.76. The van der Waals surface area contributed by atoms with Crippen molar-refractivity contribution in [3.05, 3.63) is 48.0 Å². The van der Waals surface area contributed by atoms with E-state index in [1.165, 1.54) is 0 Å². The minimum Gasteiger partial charge on any atom is -0.444 e. The number of ether oxygens (including phenoxy) is 3. The van der Waals surface area contributed by atoms with Gasteiger partial charge in [-0.3, -0.25) is 4.90 Å². The van der Waals surface area contributed by atoms with Crippen molar-refractivity contribution in [3.63, 3.8) is 0 Å². The molecule has 1 aromatic carbocycles. The number of carbonyl (C=O) groups excluding carboxylic acids is 1. The minimum atomic E-state index is -0.522. The zero-order chi connectivity index (χ0) is 17.2. The smallest absolute Gasteiger partial charge is 0.410 e. The molecule has 2 aliphatic rings. The quantitative estimate of drug-likeness (QED) is 0.737. The molecule has 1 amide bonds. The Kier molecular flexibility index (Phi) is 4.92. The number of benzene rings is 1. The van der Waals surface area contributed by atoms with Crippen LogP contribution in [0.1, 0.15) is 39.0 Å². The van der Waals surface area contributed by atoms with E-state index >= 15 is 0 Å². The summed E-state index contributed by atoms with van der Waals surface area (Å²) in [5.74, 6) is 0. The summed E-state index contributed by atoms with van der Waals surface area (Å²) in [5.41, 5.74) is 0.471. The number of hydrogen-bond acceptors (Lipinski definition) is 4. The molecule has 3 rings (SSSR count). The topological polar surface area (TPSA) is 48.0 Å². The fourth-order valence-corrected chi connectivity index (χ4v) is 2.95. The van der Waals surface area contributed by atoms with E-state index in [4.69, 9.17) is 14.2 Å². The van der Waals surface area contributed by atoms with Crippen LogP contribution in [0.15, 0.2) is 42.5 Å². The van der Waals surface area contributed by atoms with E-state index in [1.54, 1.807) is 4.90 Å². The minimum absolute atomic E-state index is 0.102. The third kappa shape index (κ3) is 3.97. The number of fused-ring (bicyclic) bond motifs is 1. The standard InChI is InChI=1S/C19H25NO4/c1-19(2,3)24-18(21)20-12-8-7-11-16-15(20)13-22-17(23-16)14-9-5-4-6-10-14/h4-10,15-17H,11-13H2,1-3H3/t15-,16+,17?/m1/s1. The van der Waals surface area contributed by atoms with Crippen LogP contribution in [0.2, 0.25) is 0 Å². The summed E-state index contributed by atoms with van der Waals surface area (Å²) in [6, 6.07) is 9.73. The van der Waals surface area contributed by atoms with Crippen LogP contribution in [0.25, 0.3) is 0 Å². The predicted molar refractivity (Wildman–Crippen MR) is 90.5 cm³/mol. The van der Waals surface area contributed by atoms with Crippen molar-refractivity contribution in [2.45, 2.75) is 51.2 Å². The summed E-state index contributed by atoms with van der Waals surface area (Å²) >= 11 is 0. The predicted octanol–water partition coefficient (Wildman–Crippen LogP) is 3.67. The first-order valence-electron chi connectivity index (χ1n) is 8.41. The summed E-state index contributed by atoms with van der Waals surface area (Å²) < 4.78 is 17.6. The van der Waals surface area contributed by atoms with Gasteiger partial charge in [0.1, 0.15) is 5.60 Å². The molecule has 1 saturated heterocycles. The van der Waals surface area contributed by atoms with Gasteiger partial charge in [-0.15, -0.1) is 0 Å². The lowest BCUT2D eigenvalue weighted by Gasteiger charge is -2.41. The van der Waals surface area contributed by atoms with Gasteiger partial charge in [0.05, 0.1) is 18.8 Å². The fourth-order valence-electron chi connectivity index (χ4n) is 2.95. The van der Waals surface area contributed by atoms with Gasteiger partial charge in [-0.05, 0) is 27.2 Å². The molecule has 130 valence electrons. The van der Waals surface area contributed by atoms with Crippen molar-refractivity contribution in [2.24, 2.45) is 0 Å². The lowest BCUT2D eigenvalue weighted by Crippen LogP contribution is -2.53. The Hall–Kier alpha value is -1.85. The maximum Gasteiger partial charge on any atom is 0.410 e. The Morgan fingerprint density at radius 2 is 1.96 bits per heavy atom. The average molecular weight is 331 g/mol. The van der Waals surface area contributed by atoms with Gasteiger partial charge in [0.25, 0.3) is 0 Å². The summed E-state index contributed by atoms with van der Waals surface area (Å²) in [6.45, 7) is 6.56. The third-order valence-electron chi connectivity index (χ3n) is 4.08. The van der Waals surface area contributed by atoms with Gasteiger partial charge >= 0.3 is 6.09 Å². The van der Waals surface area contributed by atoms with Crippen LogP contribution < -0.4 is 0 Å². The molecule has 5 heteroatoms. The van der Waals surface area contributed by atoms with Gasteiger partial charge in [0, 0.05) is 12.1 Å². The molecule has 5 nitrogen and oxygen atoms in total. The second-order valence-corrected chi connectivity index (χ2v) is 7.16. The second kappa shape index (κ2) is 6.95. The number of carbonyl (C=O) groups is 1. The molecule has 0 spiro atoms. The Balaban J connectivity index is 1.73. The lowest BCUT2D eigenvalue weighted by molar-refractivity contribution is -0.239. The molecule has 0 aliphatic carbocycles. The van der Waals surface area contributed by atoms with Crippen LogP contribution in [-0.2, 0) is 14.2 Å². The highest BCUT2D eigenvalue weighted by atomic mass is 16.7. The maximum atomic E-state index is 12.5. The molecule has 2 heterocycles. The first-order chi connectivity index (χ1) is 11.4. The molecular weight excluding hydrogens is 306 g/mol. The van der Waals surface area contributed by atoms with Crippen molar-refractivity contribution >= 4 is 6.09 Å². The first-order valence-corrected chi connectivity index (χ1v) is 8.41. The molecule has 2 aliphatic heterocycles. The molecule has 0 saturated carbocycles. The Bertz CT molecular complexity index is 593. The second-order valence-electron chi connectivity index (χ2n) is 7.16. The Morgan fingerprint density at radius 1 is 1.21 bits per heavy atom. The molecule has 1 fully saturated rings. The van der Waals surface area contributed by atoms with Crippen LogP contribution in [0, 0.1) is 0 Å². The largest absolute Gasteiger partial charge is 0.444 e. The van der Waals surface area contributed by atoms with Crippen molar-refractivity contribution < 1.29 is 19.0 Å². The van der Waals surface area contributed by atoms with Crippen molar-refractivity contribution in [1.82, 2.24) is 4.90 Å². The summed E-state index contributed by atoms with van der Waals surface area (Å²) in [6.07, 6.45) is 4.00. The van der Waals surface area contributed by atoms with Crippen molar-refractivity contribution in [3.8, 4) is 0 Å². The molecule has 0 bridgehead atoms. The summed E-state index contributed by atoms with van der Waals surface area (Å²) in [7, 11) is 0. The number of rotatable bonds is 1. The van der Waals surface area contributed by atoms with Crippen LogP contribution in [-0.4, -0.2) is 41.9 Å². The van der Waals surface area contributed by atoms with Crippen molar-refractivity contribution in [2.75, 3.05) is 13.2 Å². The first kappa shape index (κ1) is 17.0. The zero-order valence-electron chi connectivity index (χ0n) is 14.5. The molecule has 1 aromatic rings. The lowest BCUT2D eigenvalue weighted by atomic mass is 10.1. The molecule has 0 N–H and O–H groups in total. The Labute approximate surface area is 143 Å². The van der Waals surface area contributed by atoms with Crippen LogP contribution in [0.3, 0.4) is 0 Å². The maximum absolute atomic E-state index is 12.5. The highest BCUT2D eigenvalue weighted by molar-refractivity contribution is 5.69. The molecule has 24 heavy (non-hydrogen) atoms. The molecule has 0 aromatic heterocycles. The summed E-state index contributed by atoms with van der Waals surface area (Å²) in [5, 5.41) is 0. The van der Waals surface area contributed by atoms with Gasteiger partial charge in [-0.25, -0.2) is 4.79 Å². The molecule has 3 atom stereocenters. The molecule has 0 radical (unpaired) electrons. The van der Waals surface area contributed by atoms with Gasteiger partial charge in [-0.2, -0.15) is 0 Å². The van der Waals surface area contributed by atoms with Crippen LogP contribution >= 0.6 is 0 Å². The highest BCUT2D eigenvalue weighted by Gasteiger charge is 2.39. The monoisotopic (exact) mass is 331 g/mol. The molecule has 1 unspecified atom stereocenters. The number of nitrogens with zero attached hydrogens (tertiary/aromatic N) is 1. The fraction of sp³-hybridized carbons (Fsp3) is 0.526. The molecular formula is C19H25NO4. The van der Waals surface area contributed by atoms with Gasteiger partial charge in [-0.1, -0.05) is 42.5 Å². The summed E-state index contributed by atoms with van der Waals surface area (Å²) in [4.78, 5) is 14.2. The third-order valence-corrected chi connectivity index (χ3v) is 4.08.